The molecule has 1 heterocycles. The highest BCUT2D eigenvalue weighted by atomic mass is 16.3. The van der Waals surface area contributed by atoms with Crippen LogP contribution in [0.5, 0.6) is 0 Å². The number of nitrogens with one attached hydrogen (secondary N) is 1. The van der Waals surface area contributed by atoms with E-state index in [0.717, 1.165) is 16.3 Å². The molecule has 1 N–H and O–H groups in total. The lowest BCUT2D eigenvalue weighted by Crippen LogP contribution is -2.23. The molecule has 0 bridgehead atoms. The molecular weight excluding hydrogens is 290 g/mol. The molecule has 0 fully saturated rings. The third-order valence-corrected chi connectivity index (χ3v) is 3.81. The van der Waals surface area contributed by atoms with Gasteiger partial charge < -0.3 is 9.73 Å². The number of hydrogen-bond donors (Lipinski definition) is 1. The summed E-state index contributed by atoms with van der Waals surface area (Å²) in [5.41, 5.74) is 1.62. The number of carbonyl (C=O) groups excluding carboxylic acids is 2. The highest BCUT2D eigenvalue weighted by Gasteiger charge is 2.16. The van der Waals surface area contributed by atoms with Crippen LogP contribution >= 0.6 is 0 Å². The number of furan rings is 1. The highest BCUT2D eigenvalue weighted by Crippen LogP contribution is 2.27. The van der Waals surface area contributed by atoms with Gasteiger partial charge in [0.2, 0.25) is 5.78 Å². The Labute approximate surface area is 134 Å². The van der Waals surface area contributed by atoms with Gasteiger partial charge in [-0.25, -0.2) is 0 Å². The van der Waals surface area contributed by atoms with Crippen LogP contribution in [0.3, 0.4) is 0 Å². The zero-order valence-corrected chi connectivity index (χ0v) is 12.8. The van der Waals surface area contributed by atoms with Gasteiger partial charge >= 0.3 is 0 Å². The first-order valence-electron chi connectivity index (χ1n) is 7.50. The van der Waals surface area contributed by atoms with Crippen molar-refractivity contribution in [3.63, 3.8) is 0 Å². The number of hydrogen-bond acceptors (Lipinski definition) is 3. The fraction of sp³-hybridized carbons (Fsp3) is 0.158. The van der Waals surface area contributed by atoms with Crippen LogP contribution in [0.4, 0.5) is 5.69 Å². The molecule has 2 aromatic carbocycles. The quantitative estimate of drug-likeness (QED) is 0.728. The number of rotatable bonds is 5. The molecule has 4 nitrogen and oxygen atoms in total. The number of carbonyl (C=O) groups is 2. The van der Waals surface area contributed by atoms with Crippen LogP contribution in [0.2, 0.25) is 0 Å². The maximum atomic E-state index is 12.2. The Bertz CT molecular complexity index is 850. The van der Waals surface area contributed by atoms with E-state index in [1.807, 2.05) is 43.3 Å². The summed E-state index contributed by atoms with van der Waals surface area (Å²) in [6.07, 6.45) is 2.11. The summed E-state index contributed by atoms with van der Waals surface area (Å²) in [7, 11) is 0. The lowest BCUT2D eigenvalue weighted by atomic mass is 10.0. The second-order valence-electron chi connectivity index (χ2n) is 5.44. The van der Waals surface area contributed by atoms with Crippen LogP contribution in [0.25, 0.3) is 10.8 Å². The Morgan fingerprint density at radius 2 is 1.87 bits per heavy atom. The van der Waals surface area contributed by atoms with Crippen molar-refractivity contribution < 1.29 is 14.0 Å². The lowest BCUT2D eigenvalue weighted by Gasteiger charge is -2.11. The van der Waals surface area contributed by atoms with Crippen molar-refractivity contribution in [3.05, 3.63) is 66.1 Å². The van der Waals surface area contributed by atoms with Crippen molar-refractivity contribution >= 4 is 28.2 Å². The minimum Gasteiger partial charge on any atom is -0.469 e. The molecule has 0 saturated carbocycles. The van der Waals surface area contributed by atoms with E-state index in [4.69, 9.17) is 4.42 Å². The summed E-state index contributed by atoms with van der Waals surface area (Å²) < 4.78 is 5.17. The van der Waals surface area contributed by atoms with Gasteiger partial charge in [-0.15, -0.1) is 0 Å². The highest BCUT2D eigenvalue weighted by molar-refractivity contribution is 6.41. The van der Waals surface area contributed by atoms with Crippen molar-refractivity contribution in [2.75, 3.05) is 5.32 Å². The van der Waals surface area contributed by atoms with Crippen molar-refractivity contribution in [2.24, 2.45) is 0 Å². The molecule has 1 amide bonds. The van der Waals surface area contributed by atoms with Gasteiger partial charge in [-0.2, -0.15) is 0 Å². The number of ketones is 1. The Hall–Kier alpha value is -2.88. The number of Topliss-reactive ketones (excluding diaryl/α,β-unsaturated/α-hetero) is 1. The average Bonchev–Trinajstić information content (AvgIpc) is 3.08. The second-order valence-corrected chi connectivity index (χ2v) is 5.44. The molecule has 1 aromatic heterocycles. The van der Waals surface area contributed by atoms with Gasteiger partial charge in [0.1, 0.15) is 5.76 Å². The Morgan fingerprint density at radius 3 is 2.65 bits per heavy atom. The van der Waals surface area contributed by atoms with E-state index >= 15 is 0 Å². The third kappa shape index (κ3) is 3.31. The zero-order valence-electron chi connectivity index (χ0n) is 12.8. The van der Waals surface area contributed by atoms with Gasteiger partial charge in [0.05, 0.1) is 12.0 Å². The van der Waals surface area contributed by atoms with Crippen LogP contribution < -0.4 is 5.32 Å². The number of benzene rings is 2. The van der Waals surface area contributed by atoms with E-state index in [-0.39, 0.29) is 6.42 Å². The SMILES string of the molecule is Cc1ccc2ccccc2c1NC(=O)C(=O)CCc1ccco1. The van der Waals surface area contributed by atoms with Crippen molar-refractivity contribution in [3.8, 4) is 0 Å². The molecule has 0 radical (unpaired) electrons. The van der Waals surface area contributed by atoms with Crippen molar-refractivity contribution in [2.45, 2.75) is 19.8 Å². The van der Waals surface area contributed by atoms with Gasteiger partial charge in [0, 0.05) is 18.2 Å². The largest absolute Gasteiger partial charge is 0.469 e. The summed E-state index contributed by atoms with van der Waals surface area (Å²) in [5.74, 6) is -0.336. The van der Waals surface area contributed by atoms with Crippen LogP contribution in [-0.4, -0.2) is 11.7 Å². The van der Waals surface area contributed by atoms with Gasteiger partial charge in [-0.05, 0) is 30.0 Å². The van der Waals surface area contributed by atoms with E-state index in [2.05, 4.69) is 5.32 Å². The molecule has 4 heteroatoms. The van der Waals surface area contributed by atoms with E-state index in [1.54, 1.807) is 18.4 Å². The van der Waals surface area contributed by atoms with Gasteiger partial charge in [-0.1, -0.05) is 36.4 Å². The number of anilines is 1. The van der Waals surface area contributed by atoms with Gasteiger partial charge in [-0.3, -0.25) is 9.59 Å². The molecule has 3 aromatic rings. The van der Waals surface area contributed by atoms with E-state index in [0.29, 0.717) is 17.9 Å². The summed E-state index contributed by atoms with van der Waals surface area (Å²) in [5, 5.41) is 4.72. The van der Waals surface area contributed by atoms with Crippen LogP contribution in [-0.2, 0) is 16.0 Å². The molecule has 0 unspecified atom stereocenters. The number of amides is 1. The van der Waals surface area contributed by atoms with Crippen molar-refractivity contribution in [1.82, 2.24) is 0 Å². The number of aryl methyl sites for hydroxylation is 2. The molecule has 0 aliphatic carbocycles. The second kappa shape index (κ2) is 6.48. The molecule has 3 rings (SSSR count). The summed E-state index contributed by atoms with van der Waals surface area (Å²) >= 11 is 0. The number of fused-ring (bicyclic) bond motifs is 1. The first kappa shape index (κ1) is 15.0. The molecule has 0 saturated heterocycles. The summed E-state index contributed by atoms with van der Waals surface area (Å²) in [6.45, 7) is 1.91. The first-order chi connectivity index (χ1) is 11.1. The Balaban J connectivity index is 1.75. The maximum Gasteiger partial charge on any atom is 0.291 e. The van der Waals surface area contributed by atoms with E-state index in [9.17, 15) is 9.59 Å². The normalized spacial score (nSPS) is 10.7. The smallest absolute Gasteiger partial charge is 0.291 e. The van der Waals surface area contributed by atoms with Gasteiger partial charge in [0.15, 0.2) is 0 Å². The predicted molar refractivity (Wildman–Crippen MR) is 89.4 cm³/mol. The average molecular weight is 307 g/mol. The zero-order chi connectivity index (χ0) is 16.2. The Kier molecular flexibility index (Phi) is 4.24. The molecular formula is C19H17NO3. The third-order valence-electron chi connectivity index (χ3n) is 3.81. The Morgan fingerprint density at radius 1 is 1.04 bits per heavy atom. The minimum absolute atomic E-state index is 0.128. The standard InChI is InChI=1S/C19H17NO3/c1-13-8-9-14-5-2-3-7-16(14)18(13)20-19(22)17(21)11-10-15-6-4-12-23-15/h2-9,12H,10-11H2,1H3,(H,20,22). The minimum atomic E-state index is -0.587. The molecule has 23 heavy (non-hydrogen) atoms. The van der Waals surface area contributed by atoms with Crippen LogP contribution in [0, 0.1) is 6.92 Å². The van der Waals surface area contributed by atoms with Crippen LogP contribution in [0.1, 0.15) is 17.7 Å². The fourth-order valence-corrected chi connectivity index (χ4v) is 2.53. The summed E-state index contributed by atoms with van der Waals surface area (Å²) in [4.78, 5) is 24.2. The van der Waals surface area contributed by atoms with E-state index in [1.165, 1.54) is 0 Å². The van der Waals surface area contributed by atoms with Gasteiger partial charge in [0.25, 0.3) is 5.91 Å². The molecule has 0 spiro atoms. The topological polar surface area (TPSA) is 59.3 Å². The van der Waals surface area contributed by atoms with Crippen LogP contribution in [0.15, 0.2) is 59.2 Å². The summed E-state index contributed by atoms with van der Waals surface area (Å²) in [6, 6.07) is 15.3. The maximum absolute atomic E-state index is 12.2. The lowest BCUT2D eigenvalue weighted by molar-refractivity contribution is -0.134. The fourth-order valence-electron chi connectivity index (χ4n) is 2.53. The molecule has 0 aliphatic rings. The monoisotopic (exact) mass is 307 g/mol. The first-order valence-corrected chi connectivity index (χ1v) is 7.50. The predicted octanol–water partition coefficient (Wildman–Crippen LogP) is 3.88. The molecule has 0 atom stereocenters. The van der Waals surface area contributed by atoms with Crippen molar-refractivity contribution in [1.29, 1.82) is 0 Å². The molecule has 116 valence electrons. The van der Waals surface area contributed by atoms with E-state index < -0.39 is 11.7 Å². The molecule has 0 aliphatic heterocycles.